The van der Waals surface area contributed by atoms with Crippen LogP contribution in [0.1, 0.15) is 31.2 Å². The molecular weight excluding hydrogens is 255 g/mol. The van der Waals surface area contributed by atoms with E-state index in [1.54, 1.807) is 13.2 Å². The van der Waals surface area contributed by atoms with E-state index in [4.69, 9.17) is 4.74 Å². The first-order chi connectivity index (χ1) is 9.78. The van der Waals surface area contributed by atoms with Crippen molar-refractivity contribution in [2.75, 3.05) is 25.1 Å². The molecule has 1 aromatic carbocycles. The number of ether oxygens (including phenoxy) is 1. The first-order valence-corrected chi connectivity index (χ1v) is 7.56. The lowest BCUT2D eigenvalue weighted by Gasteiger charge is -2.34. The van der Waals surface area contributed by atoms with Gasteiger partial charge in [0.15, 0.2) is 0 Å². The highest BCUT2D eigenvalue weighted by molar-refractivity contribution is 5.54. The zero-order valence-electron chi connectivity index (χ0n) is 12.1. The van der Waals surface area contributed by atoms with E-state index < -0.39 is 0 Å². The van der Waals surface area contributed by atoms with Gasteiger partial charge in [-0.3, -0.25) is 0 Å². The summed E-state index contributed by atoms with van der Waals surface area (Å²) in [6.45, 7) is 2.52. The second kappa shape index (κ2) is 6.10. The van der Waals surface area contributed by atoms with Gasteiger partial charge in [0.25, 0.3) is 0 Å². The Balaban J connectivity index is 1.72. The standard InChI is InChI=1S/C16H23FN2O/c1-20-13-7-9-19(10-8-13)16-4-2-3-15(17)14(16)11-18-12-5-6-12/h2-4,12-13,18H,5-11H2,1H3. The number of halogens is 1. The Kier molecular flexibility index (Phi) is 4.22. The second-order valence-corrected chi connectivity index (χ2v) is 5.81. The monoisotopic (exact) mass is 278 g/mol. The molecule has 0 atom stereocenters. The number of hydrogen-bond donors (Lipinski definition) is 1. The molecular formula is C16H23FN2O. The van der Waals surface area contributed by atoms with Crippen molar-refractivity contribution in [3.05, 3.63) is 29.6 Å². The van der Waals surface area contributed by atoms with Crippen molar-refractivity contribution in [3.8, 4) is 0 Å². The molecule has 0 aromatic heterocycles. The first kappa shape index (κ1) is 13.8. The first-order valence-electron chi connectivity index (χ1n) is 7.56. The molecule has 3 rings (SSSR count). The predicted octanol–water partition coefficient (Wildman–Crippen LogP) is 2.69. The number of methoxy groups -OCH3 is 1. The number of anilines is 1. The third kappa shape index (κ3) is 3.13. The van der Waals surface area contributed by atoms with E-state index in [1.165, 1.54) is 12.8 Å². The highest BCUT2D eigenvalue weighted by atomic mass is 19.1. The van der Waals surface area contributed by atoms with Gasteiger partial charge in [-0.25, -0.2) is 4.39 Å². The highest BCUT2D eigenvalue weighted by Gasteiger charge is 2.24. The Morgan fingerprint density at radius 1 is 1.25 bits per heavy atom. The molecule has 2 fully saturated rings. The van der Waals surface area contributed by atoms with E-state index in [9.17, 15) is 4.39 Å². The molecule has 4 heteroatoms. The number of nitrogens with zero attached hydrogens (tertiary/aromatic N) is 1. The molecule has 2 aliphatic rings. The molecule has 0 amide bonds. The van der Waals surface area contributed by atoms with E-state index in [0.29, 0.717) is 18.7 Å². The number of nitrogens with one attached hydrogen (secondary N) is 1. The Morgan fingerprint density at radius 2 is 2.00 bits per heavy atom. The van der Waals surface area contributed by atoms with E-state index in [0.717, 1.165) is 37.2 Å². The van der Waals surface area contributed by atoms with Crippen LogP contribution in [0.15, 0.2) is 18.2 Å². The lowest BCUT2D eigenvalue weighted by atomic mass is 10.0. The van der Waals surface area contributed by atoms with Crippen LogP contribution in [-0.4, -0.2) is 32.3 Å². The van der Waals surface area contributed by atoms with Gasteiger partial charge in [-0.05, 0) is 37.8 Å². The Hall–Kier alpha value is -1.13. The van der Waals surface area contributed by atoms with Crippen LogP contribution < -0.4 is 10.2 Å². The van der Waals surface area contributed by atoms with Crippen LogP contribution in [0, 0.1) is 5.82 Å². The minimum atomic E-state index is -0.0930. The number of piperidine rings is 1. The minimum Gasteiger partial charge on any atom is -0.381 e. The van der Waals surface area contributed by atoms with Gasteiger partial charge in [0.1, 0.15) is 5.82 Å². The Morgan fingerprint density at radius 3 is 2.65 bits per heavy atom. The molecule has 0 radical (unpaired) electrons. The molecule has 1 N–H and O–H groups in total. The fraction of sp³-hybridized carbons (Fsp3) is 0.625. The second-order valence-electron chi connectivity index (χ2n) is 5.81. The molecule has 110 valence electrons. The molecule has 0 unspecified atom stereocenters. The van der Waals surface area contributed by atoms with Crippen LogP contribution in [0.2, 0.25) is 0 Å². The molecule has 1 heterocycles. The van der Waals surface area contributed by atoms with Gasteiger partial charge in [-0.15, -0.1) is 0 Å². The maximum absolute atomic E-state index is 14.1. The normalized spacial score (nSPS) is 20.4. The van der Waals surface area contributed by atoms with Gasteiger partial charge < -0.3 is 15.0 Å². The zero-order chi connectivity index (χ0) is 13.9. The largest absolute Gasteiger partial charge is 0.381 e. The van der Waals surface area contributed by atoms with Crippen molar-refractivity contribution in [1.29, 1.82) is 0 Å². The lowest BCUT2D eigenvalue weighted by Crippen LogP contribution is -2.37. The van der Waals surface area contributed by atoms with Crippen LogP contribution in [0.5, 0.6) is 0 Å². The number of rotatable bonds is 5. The van der Waals surface area contributed by atoms with Gasteiger partial charge in [0.2, 0.25) is 0 Å². The fourth-order valence-corrected chi connectivity index (χ4v) is 2.88. The van der Waals surface area contributed by atoms with E-state index in [-0.39, 0.29) is 5.82 Å². The number of benzene rings is 1. The summed E-state index contributed by atoms with van der Waals surface area (Å²) in [5, 5.41) is 3.42. The third-order valence-corrected chi connectivity index (χ3v) is 4.35. The molecule has 1 saturated carbocycles. The Bertz CT molecular complexity index is 454. The number of hydrogen-bond acceptors (Lipinski definition) is 3. The minimum absolute atomic E-state index is 0.0930. The summed E-state index contributed by atoms with van der Waals surface area (Å²) in [4.78, 5) is 2.29. The average Bonchev–Trinajstić information content (AvgIpc) is 3.30. The van der Waals surface area contributed by atoms with Gasteiger partial charge in [0.05, 0.1) is 6.10 Å². The average molecular weight is 278 g/mol. The van der Waals surface area contributed by atoms with Gasteiger partial charge in [0, 0.05) is 44.0 Å². The molecule has 1 aliphatic heterocycles. The Labute approximate surface area is 120 Å². The summed E-state index contributed by atoms with van der Waals surface area (Å²) in [6, 6.07) is 6.02. The fourth-order valence-electron chi connectivity index (χ4n) is 2.88. The van der Waals surface area contributed by atoms with Crippen LogP contribution in [0.4, 0.5) is 10.1 Å². The zero-order valence-corrected chi connectivity index (χ0v) is 12.1. The van der Waals surface area contributed by atoms with Crippen LogP contribution in [0.3, 0.4) is 0 Å². The SMILES string of the molecule is COC1CCN(c2cccc(F)c2CNC2CC2)CC1. The van der Waals surface area contributed by atoms with Crippen molar-refractivity contribution in [3.63, 3.8) is 0 Å². The van der Waals surface area contributed by atoms with Crippen molar-refractivity contribution in [1.82, 2.24) is 5.32 Å². The summed E-state index contributed by atoms with van der Waals surface area (Å²) in [7, 11) is 1.77. The van der Waals surface area contributed by atoms with E-state index in [1.807, 2.05) is 12.1 Å². The smallest absolute Gasteiger partial charge is 0.129 e. The van der Waals surface area contributed by atoms with Crippen LogP contribution in [0.25, 0.3) is 0 Å². The molecule has 3 nitrogen and oxygen atoms in total. The maximum atomic E-state index is 14.1. The third-order valence-electron chi connectivity index (χ3n) is 4.35. The lowest BCUT2D eigenvalue weighted by molar-refractivity contribution is 0.0819. The highest BCUT2D eigenvalue weighted by Crippen LogP contribution is 2.28. The molecule has 1 saturated heterocycles. The predicted molar refractivity (Wildman–Crippen MR) is 78.5 cm³/mol. The van der Waals surface area contributed by atoms with Crippen LogP contribution >= 0.6 is 0 Å². The summed E-state index contributed by atoms with van der Waals surface area (Å²) in [6.07, 6.45) is 4.84. The van der Waals surface area contributed by atoms with E-state index in [2.05, 4.69) is 10.2 Å². The van der Waals surface area contributed by atoms with Gasteiger partial charge in [-0.1, -0.05) is 6.07 Å². The van der Waals surface area contributed by atoms with Gasteiger partial charge >= 0.3 is 0 Å². The van der Waals surface area contributed by atoms with Crippen molar-refractivity contribution < 1.29 is 9.13 Å². The van der Waals surface area contributed by atoms with Gasteiger partial charge in [-0.2, -0.15) is 0 Å². The van der Waals surface area contributed by atoms with Crippen molar-refractivity contribution in [2.24, 2.45) is 0 Å². The van der Waals surface area contributed by atoms with E-state index >= 15 is 0 Å². The summed E-state index contributed by atoms with van der Waals surface area (Å²) >= 11 is 0. The summed E-state index contributed by atoms with van der Waals surface area (Å²) < 4.78 is 19.5. The maximum Gasteiger partial charge on any atom is 0.129 e. The molecule has 20 heavy (non-hydrogen) atoms. The molecule has 0 bridgehead atoms. The molecule has 1 aromatic rings. The van der Waals surface area contributed by atoms with Crippen molar-refractivity contribution >= 4 is 5.69 Å². The summed E-state index contributed by atoms with van der Waals surface area (Å²) in [5.74, 6) is -0.0930. The molecule has 1 aliphatic carbocycles. The summed E-state index contributed by atoms with van der Waals surface area (Å²) in [5.41, 5.74) is 1.86. The topological polar surface area (TPSA) is 24.5 Å². The molecule has 0 spiro atoms. The van der Waals surface area contributed by atoms with Crippen LogP contribution in [-0.2, 0) is 11.3 Å². The van der Waals surface area contributed by atoms with Crippen molar-refractivity contribution in [2.45, 2.75) is 44.4 Å². The quantitative estimate of drug-likeness (QED) is 0.896.